The van der Waals surface area contributed by atoms with Gasteiger partial charge in [0.1, 0.15) is 0 Å². The standard InChI is InChI=1S/C16H33ClO3S.Na/c17-15-13-11-9-7-5-3-1-2-4-6-8-10-12-14-16-21(18,19)20;/h1-16H2,(H,18,19,20);/q;+1/p-1. The third-order valence-electron chi connectivity index (χ3n) is 3.78. The van der Waals surface area contributed by atoms with Gasteiger partial charge >= 0.3 is 29.6 Å². The fraction of sp³-hybridized carbons (Fsp3) is 1.00. The molecule has 0 aromatic rings. The topological polar surface area (TPSA) is 57.2 Å². The fourth-order valence-corrected chi connectivity index (χ4v) is 3.24. The van der Waals surface area contributed by atoms with Crippen molar-refractivity contribution in [2.24, 2.45) is 0 Å². The molecule has 128 valence electrons. The molecule has 22 heavy (non-hydrogen) atoms. The summed E-state index contributed by atoms with van der Waals surface area (Å²) in [6, 6.07) is 0. The van der Waals surface area contributed by atoms with E-state index in [-0.39, 0.29) is 35.3 Å². The smallest absolute Gasteiger partial charge is 0.748 e. The Balaban J connectivity index is 0. The van der Waals surface area contributed by atoms with Crippen molar-refractivity contribution < 1.29 is 42.5 Å². The molecule has 0 aromatic heterocycles. The Kier molecular flexibility index (Phi) is 21.4. The van der Waals surface area contributed by atoms with Crippen LogP contribution >= 0.6 is 11.6 Å². The quantitative estimate of drug-likeness (QED) is 0.183. The zero-order valence-corrected chi connectivity index (χ0v) is 17.9. The van der Waals surface area contributed by atoms with Crippen molar-refractivity contribution in [1.82, 2.24) is 0 Å². The summed E-state index contributed by atoms with van der Waals surface area (Å²) in [4.78, 5) is 0. The molecule has 0 saturated heterocycles. The van der Waals surface area contributed by atoms with Gasteiger partial charge in [0, 0.05) is 11.6 Å². The van der Waals surface area contributed by atoms with Crippen molar-refractivity contribution in [3.63, 3.8) is 0 Å². The average Bonchev–Trinajstić information content (AvgIpc) is 2.42. The number of rotatable bonds is 16. The first-order valence-electron chi connectivity index (χ1n) is 8.56. The SMILES string of the molecule is O=S(=O)([O-])CCCCCCCCCCCCCCCCCl.[Na+]. The molecule has 0 aliphatic heterocycles. The van der Waals surface area contributed by atoms with E-state index < -0.39 is 10.1 Å². The summed E-state index contributed by atoms with van der Waals surface area (Å²) in [5.74, 6) is 0.602. The summed E-state index contributed by atoms with van der Waals surface area (Å²) >= 11 is 5.63. The molecule has 0 unspecified atom stereocenters. The molecule has 0 N–H and O–H groups in total. The number of hydrogen-bond acceptors (Lipinski definition) is 3. The van der Waals surface area contributed by atoms with E-state index in [2.05, 4.69) is 0 Å². The molecular formula is C16H32ClNaO3S. The van der Waals surface area contributed by atoms with E-state index in [1.54, 1.807) is 0 Å². The van der Waals surface area contributed by atoms with Crippen LogP contribution in [0.4, 0.5) is 0 Å². The Labute approximate surface area is 165 Å². The summed E-state index contributed by atoms with van der Waals surface area (Å²) in [7, 11) is -4.00. The number of hydrogen-bond donors (Lipinski definition) is 0. The molecule has 0 aromatic carbocycles. The molecule has 0 atom stereocenters. The van der Waals surface area contributed by atoms with Crippen LogP contribution in [0.1, 0.15) is 89.9 Å². The number of unbranched alkanes of at least 4 members (excludes halogenated alkanes) is 13. The molecule has 0 radical (unpaired) electrons. The Morgan fingerprint density at radius 2 is 0.864 bits per heavy atom. The van der Waals surface area contributed by atoms with Gasteiger partial charge < -0.3 is 4.55 Å². The number of alkyl halides is 1. The first kappa shape index (κ1) is 25.4. The zero-order valence-electron chi connectivity index (χ0n) is 14.3. The largest absolute Gasteiger partial charge is 1.00 e. The maximum Gasteiger partial charge on any atom is 1.00 e. The number of halogens is 1. The van der Waals surface area contributed by atoms with Crippen molar-refractivity contribution in [2.75, 3.05) is 11.6 Å². The zero-order chi connectivity index (χ0) is 15.8. The van der Waals surface area contributed by atoms with Crippen LogP contribution in [0.15, 0.2) is 0 Å². The molecule has 0 bridgehead atoms. The van der Waals surface area contributed by atoms with Crippen LogP contribution in [0.3, 0.4) is 0 Å². The predicted molar refractivity (Wildman–Crippen MR) is 89.9 cm³/mol. The summed E-state index contributed by atoms with van der Waals surface area (Å²) in [5, 5.41) is 0. The molecule has 0 aliphatic rings. The molecule has 0 heterocycles. The molecule has 0 fully saturated rings. The Bertz CT molecular complexity index is 311. The van der Waals surface area contributed by atoms with E-state index >= 15 is 0 Å². The van der Waals surface area contributed by atoms with Gasteiger partial charge in [-0.15, -0.1) is 11.6 Å². The van der Waals surface area contributed by atoms with Gasteiger partial charge in [0.25, 0.3) is 0 Å². The van der Waals surface area contributed by atoms with Crippen LogP contribution in [0.25, 0.3) is 0 Å². The molecule has 0 spiro atoms. The molecule has 0 aliphatic carbocycles. The minimum atomic E-state index is -4.00. The third kappa shape index (κ3) is 23.5. The second kappa shape index (κ2) is 18.5. The first-order valence-corrected chi connectivity index (χ1v) is 10.7. The van der Waals surface area contributed by atoms with Crippen molar-refractivity contribution in [2.45, 2.75) is 89.9 Å². The van der Waals surface area contributed by atoms with E-state index in [9.17, 15) is 13.0 Å². The minimum Gasteiger partial charge on any atom is -0.748 e. The Morgan fingerprint density at radius 3 is 1.14 bits per heavy atom. The first-order chi connectivity index (χ1) is 10.1. The van der Waals surface area contributed by atoms with Gasteiger partial charge in [0.05, 0.1) is 10.1 Å². The molecule has 0 saturated carbocycles. The van der Waals surface area contributed by atoms with Crippen LogP contribution in [0.5, 0.6) is 0 Å². The van der Waals surface area contributed by atoms with E-state index in [4.69, 9.17) is 11.6 Å². The van der Waals surface area contributed by atoms with Gasteiger partial charge in [-0.3, -0.25) is 0 Å². The van der Waals surface area contributed by atoms with E-state index in [1.807, 2.05) is 0 Å². The Morgan fingerprint density at radius 1 is 0.591 bits per heavy atom. The van der Waals surface area contributed by atoms with E-state index in [0.717, 1.165) is 31.6 Å². The second-order valence-corrected chi connectivity index (χ2v) is 7.80. The van der Waals surface area contributed by atoms with Gasteiger partial charge in [-0.2, -0.15) is 0 Å². The third-order valence-corrected chi connectivity index (χ3v) is 4.83. The molecule has 6 heteroatoms. The summed E-state index contributed by atoms with van der Waals surface area (Å²) in [6.07, 6.45) is 16.6. The predicted octanol–water partition coefficient (Wildman–Crippen LogP) is 2.24. The molecule has 0 amide bonds. The van der Waals surface area contributed by atoms with Gasteiger partial charge in [-0.25, -0.2) is 8.42 Å². The second-order valence-electron chi connectivity index (χ2n) is 5.90. The normalized spacial score (nSPS) is 11.4. The fourth-order valence-electron chi connectivity index (χ4n) is 2.49. The van der Waals surface area contributed by atoms with Crippen molar-refractivity contribution in [1.29, 1.82) is 0 Å². The summed E-state index contributed by atoms with van der Waals surface area (Å²) in [5.41, 5.74) is 0. The van der Waals surface area contributed by atoms with Crippen molar-refractivity contribution in [3.8, 4) is 0 Å². The maximum absolute atomic E-state index is 10.4. The average molecular weight is 363 g/mol. The molecule has 0 rings (SSSR count). The van der Waals surface area contributed by atoms with Crippen LogP contribution in [-0.4, -0.2) is 24.6 Å². The van der Waals surface area contributed by atoms with E-state index in [0.29, 0.717) is 6.42 Å². The van der Waals surface area contributed by atoms with Crippen molar-refractivity contribution in [3.05, 3.63) is 0 Å². The van der Waals surface area contributed by atoms with Crippen LogP contribution in [0, 0.1) is 0 Å². The minimum absolute atomic E-state index is 0. The Hall–Kier alpha value is 1.20. The molecule has 3 nitrogen and oxygen atoms in total. The van der Waals surface area contributed by atoms with Gasteiger partial charge in [0.15, 0.2) is 0 Å². The van der Waals surface area contributed by atoms with E-state index in [1.165, 1.54) is 57.8 Å². The van der Waals surface area contributed by atoms with Gasteiger partial charge in [-0.05, 0) is 12.8 Å². The van der Waals surface area contributed by atoms with Crippen LogP contribution in [-0.2, 0) is 10.1 Å². The van der Waals surface area contributed by atoms with Crippen LogP contribution in [0.2, 0.25) is 0 Å². The monoisotopic (exact) mass is 362 g/mol. The van der Waals surface area contributed by atoms with Gasteiger partial charge in [0.2, 0.25) is 0 Å². The van der Waals surface area contributed by atoms with Gasteiger partial charge in [-0.1, -0.05) is 77.0 Å². The van der Waals surface area contributed by atoms with Crippen LogP contribution < -0.4 is 29.6 Å². The maximum atomic E-state index is 10.4. The molecular weight excluding hydrogens is 331 g/mol. The summed E-state index contributed by atoms with van der Waals surface area (Å²) in [6.45, 7) is 0. The van der Waals surface area contributed by atoms with Crippen molar-refractivity contribution >= 4 is 21.7 Å². The summed E-state index contributed by atoms with van der Waals surface area (Å²) < 4.78 is 31.2.